The number of benzene rings is 2. The Morgan fingerprint density at radius 3 is 2.41 bits per heavy atom. The quantitative estimate of drug-likeness (QED) is 0.794. The number of hydrogen-bond donors (Lipinski definition) is 0. The summed E-state index contributed by atoms with van der Waals surface area (Å²) in [6, 6.07) is 11.8. The summed E-state index contributed by atoms with van der Waals surface area (Å²) in [5, 5.41) is 0. The van der Waals surface area contributed by atoms with Crippen LogP contribution in [-0.2, 0) is 21.0 Å². The number of carbonyl (C=O) groups excluding carboxylic acids is 1. The normalized spacial score (nSPS) is 11.2. The van der Waals surface area contributed by atoms with Gasteiger partial charge in [0.25, 0.3) is 0 Å². The molecule has 0 unspecified atom stereocenters. The number of ether oxygens (including phenoxy) is 1. The van der Waals surface area contributed by atoms with E-state index in [1.165, 1.54) is 25.3 Å². The molecule has 0 N–H and O–H groups in total. The first-order chi connectivity index (χ1) is 10.5. The minimum Gasteiger partial charge on any atom is -0.465 e. The van der Waals surface area contributed by atoms with Crippen LogP contribution in [-0.4, -0.2) is 27.2 Å². The van der Waals surface area contributed by atoms with Crippen LogP contribution < -0.4 is 0 Å². The van der Waals surface area contributed by atoms with Crippen molar-refractivity contribution in [1.29, 1.82) is 0 Å². The van der Waals surface area contributed by atoms with Crippen molar-refractivity contribution in [2.24, 2.45) is 0 Å². The van der Waals surface area contributed by atoms with Gasteiger partial charge in [-0.3, -0.25) is 0 Å². The van der Waals surface area contributed by atoms with Gasteiger partial charge < -0.3 is 4.74 Å². The highest BCUT2D eigenvalue weighted by atomic mass is 32.2. The van der Waals surface area contributed by atoms with Gasteiger partial charge >= 0.3 is 5.97 Å². The number of carbonyl (C=O) groups is 1. The second-order valence-corrected chi connectivity index (χ2v) is 6.73. The van der Waals surface area contributed by atoms with E-state index in [2.05, 4.69) is 4.74 Å². The van der Waals surface area contributed by atoms with Crippen molar-refractivity contribution in [1.82, 2.24) is 0 Å². The summed E-state index contributed by atoms with van der Waals surface area (Å²) in [6.45, 7) is 0. The van der Waals surface area contributed by atoms with Crippen LogP contribution >= 0.6 is 0 Å². The van der Waals surface area contributed by atoms with Crippen LogP contribution in [0.25, 0.3) is 0 Å². The lowest BCUT2D eigenvalue weighted by molar-refractivity contribution is 0.0599. The Kier molecular flexibility index (Phi) is 4.92. The molecule has 0 bridgehead atoms. The summed E-state index contributed by atoms with van der Waals surface area (Å²) < 4.78 is 42.7. The third-order valence-corrected chi connectivity index (χ3v) is 4.98. The predicted octanol–water partition coefficient (Wildman–Crippen LogP) is 2.63. The average Bonchev–Trinajstić information content (AvgIpc) is 2.53. The highest BCUT2D eigenvalue weighted by Gasteiger charge is 2.20. The molecule has 6 heteroatoms. The van der Waals surface area contributed by atoms with Gasteiger partial charge in [-0.05, 0) is 30.2 Å². The lowest BCUT2D eigenvalue weighted by atomic mass is 10.1. The van der Waals surface area contributed by atoms with E-state index in [0.717, 1.165) is 6.07 Å². The molecule has 0 aliphatic rings. The van der Waals surface area contributed by atoms with E-state index in [9.17, 15) is 17.6 Å². The molecular formula is C16H15FO4S. The molecule has 0 aliphatic heterocycles. The molecule has 0 amide bonds. The Balaban J connectivity index is 2.24. The number of aryl methyl sites for hydroxylation is 1. The zero-order valence-electron chi connectivity index (χ0n) is 12.0. The van der Waals surface area contributed by atoms with E-state index >= 15 is 0 Å². The van der Waals surface area contributed by atoms with Gasteiger partial charge in [-0.15, -0.1) is 0 Å². The molecule has 0 atom stereocenters. The largest absolute Gasteiger partial charge is 0.465 e. The second kappa shape index (κ2) is 6.70. The Morgan fingerprint density at radius 1 is 1.09 bits per heavy atom. The zero-order valence-corrected chi connectivity index (χ0v) is 12.8. The third-order valence-electron chi connectivity index (χ3n) is 3.23. The summed E-state index contributed by atoms with van der Waals surface area (Å²) >= 11 is 0. The summed E-state index contributed by atoms with van der Waals surface area (Å²) in [6.07, 6.45) is 0.0991. The predicted molar refractivity (Wildman–Crippen MR) is 79.9 cm³/mol. The van der Waals surface area contributed by atoms with Gasteiger partial charge in [0.05, 0.1) is 18.4 Å². The number of methoxy groups -OCH3 is 1. The molecule has 4 nitrogen and oxygen atoms in total. The van der Waals surface area contributed by atoms with Crippen molar-refractivity contribution in [2.75, 3.05) is 12.9 Å². The lowest BCUT2D eigenvalue weighted by Crippen LogP contribution is -2.13. The molecular weight excluding hydrogens is 307 g/mol. The number of hydrogen-bond acceptors (Lipinski definition) is 4. The standard InChI is InChI=1S/C16H15FO4S/c1-21-16(18)13-7-3-2-6-12(13)10-11-22(19,20)15-9-5-4-8-14(15)17/h2-9H,10-11H2,1H3. The summed E-state index contributed by atoms with van der Waals surface area (Å²) in [5.74, 6) is -1.59. The maximum Gasteiger partial charge on any atom is 0.338 e. The third kappa shape index (κ3) is 3.51. The van der Waals surface area contributed by atoms with Gasteiger partial charge in [-0.1, -0.05) is 30.3 Å². The lowest BCUT2D eigenvalue weighted by Gasteiger charge is -2.09. The highest BCUT2D eigenvalue weighted by Crippen LogP contribution is 2.18. The summed E-state index contributed by atoms with van der Waals surface area (Å²) in [7, 11) is -2.51. The van der Waals surface area contributed by atoms with Gasteiger partial charge in [0.1, 0.15) is 10.7 Å². The van der Waals surface area contributed by atoms with E-state index < -0.39 is 21.6 Å². The van der Waals surface area contributed by atoms with Gasteiger partial charge in [0, 0.05) is 0 Å². The fourth-order valence-corrected chi connectivity index (χ4v) is 3.46. The van der Waals surface area contributed by atoms with E-state index in [4.69, 9.17) is 0 Å². The van der Waals surface area contributed by atoms with Crippen LogP contribution in [0.5, 0.6) is 0 Å². The van der Waals surface area contributed by atoms with Crippen LogP contribution in [0, 0.1) is 5.82 Å². The molecule has 0 saturated carbocycles. The van der Waals surface area contributed by atoms with Crippen molar-refractivity contribution in [2.45, 2.75) is 11.3 Å². The van der Waals surface area contributed by atoms with Crippen LogP contribution in [0.4, 0.5) is 4.39 Å². The molecule has 0 saturated heterocycles. The van der Waals surface area contributed by atoms with Crippen LogP contribution in [0.15, 0.2) is 53.4 Å². The number of rotatable bonds is 5. The van der Waals surface area contributed by atoms with Crippen LogP contribution in [0.1, 0.15) is 15.9 Å². The first kappa shape index (κ1) is 16.2. The number of halogens is 1. The molecule has 0 spiro atoms. The molecule has 2 aromatic rings. The maximum atomic E-state index is 13.6. The van der Waals surface area contributed by atoms with E-state index in [1.807, 2.05) is 0 Å². The molecule has 22 heavy (non-hydrogen) atoms. The molecule has 0 aromatic heterocycles. The Morgan fingerprint density at radius 2 is 1.73 bits per heavy atom. The Labute approximate surface area is 128 Å². The highest BCUT2D eigenvalue weighted by molar-refractivity contribution is 7.91. The first-order valence-corrected chi connectivity index (χ1v) is 8.24. The minimum absolute atomic E-state index is 0.0991. The average molecular weight is 322 g/mol. The molecule has 0 radical (unpaired) electrons. The van der Waals surface area contributed by atoms with Gasteiger partial charge in [-0.25, -0.2) is 17.6 Å². The Bertz CT molecular complexity index is 784. The molecule has 0 aliphatic carbocycles. The van der Waals surface area contributed by atoms with Crippen LogP contribution in [0.2, 0.25) is 0 Å². The first-order valence-electron chi connectivity index (χ1n) is 6.59. The molecule has 0 fully saturated rings. The fraction of sp³-hybridized carbons (Fsp3) is 0.188. The molecule has 0 heterocycles. The zero-order chi connectivity index (χ0) is 16.2. The van der Waals surface area contributed by atoms with Gasteiger partial charge in [0.2, 0.25) is 0 Å². The Hall–Kier alpha value is -2.21. The van der Waals surface area contributed by atoms with E-state index in [1.54, 1.807) is 24.3 Å². The molecule has 2 rings (SSSR count). The smallest absolute Gasteiger partial charge is 0.338 e. The van der Waals surface area contributed by atoms with Crippen LogP contribution in [0.3, 0.4) is 0 Å². The van der Waals surface area contributed by atoms with E-state index in [-0.39, 0.29) is 17.1 Å². The van der Waals surface area contributed by atoms with Crippen molar-refractivity contribution < 1.29 is 22.3 Å². The van der Waals surface area contributed by atoms with Crippen molar-refractivity contribution in [3.05, 3.63) is 65.5 Å². The van der Waals surface area contributed by atoms with Crippen molar-refractivity contribution in [3.63, 3.8) is 0 Å². The molecule has 2 aromatic carbocycles. The monoisotopic (exact) mass is 322 g/mol. The SMILES string of the molecule is COC(=O)c1ccccc1CCS(=O)(=O)c1ccccc1F. The fourth-order valence-electron chi connectivity index (χ4n) is 2.10. The van der Waals surface area contributed by atoms with Crippen molar-refractivity contribution in [3.8, 4) is 0 Å². The molecule has 116 valence electrons. The van der Waals surface area contributed by atoms with Gasteiger partial charge in [0.15, 0.2) is 9.84 Å². The van der Waals surface area contributed by atoms with E-state index in [0.29, 0.717) is 11.1 Å². The minimum atomic E-state index is -3.77. The number of esters is 1. The summed E-state index contributed by atoms with van der Waals surface area (Å²) in [4.78, 5) is 11.3. The maximum absolute atomic E-state index is 13.6. The summed E-state index contributed by atoms with van der Waals surface area (Å²) in [5.41, 5.74) is 0.864. The van der Waals surface area contributed by atoms with Crippen molar-refractivity contribution >= 4 is 15.8 Å². The number of sulfone groups is 1. The topological polar surface area (TPSA) is 60.4 Å². The van der Waals surface area contributed by atoms with Gasteiger partial charge in [-0.2, -0.15) is 0 Å². The second-order valence-electron chi connectivity index (χ2n) is 4.65.